The van der Waals surface area contributed by atoms with Crippen LogP contribution in [0.3, 0.4) is 0 Å². The SMILES string of the molecule is CCOCCCNS(=O)(=O)c1cc(Br)ccc1OCC. The second-order valence-electron chi connectivity index (χ2n) is 3.97. The average molecular weight is 366 g/mol. The van der Waals surface area contributed by atoms with E-state index in [4.69, 9.17) is 9.47 Å². The van der Waals surface area contributed by atoms with Gasteiger partial charge in [0.25, 0.3) is 0 Å². The van der Waals surface area contributed by atoms with Gasteiger partial charge >= 0.3 is 0 Å². The maximum absolute atomic E-state index is 12.3. The van der Waals surface area contributed by atoms with E-state index in [1.54, 1.807) is 12.1 Å². The van der Waals surface area contributed by atoms with Gasteiger partial charge in [-0.05, 0) is 38.5 Å². The smallest absolute Gasteiger partial charge is 0.244 e. The first-order valence-corrected chi connectivity index (χ1v) is 8.78. The lowest BCUT2D eigenvalue weighted by Gasteiger charge is -2.12. The highest BCUT2D eigenvalue weighted by Gasteiger charge is 2.19. The van der Waals surface area contributed by atoms with Crippen LogP contribution < -0.4 is 9.46 Å². The van der Waals surface area contributed by atoms with Crippen molar-refractivity contribution >= 4 is 26.0 Å². The molecule has 1 aromatic rings. The van der Waals surface area contributed by atoms with E-state index in [1.807, 2.05) is 13.8 Å². The van der Waals surface area contributed by atoms with E-state index in [-0.39, 0.29) is 4.90 Å². The Kier molecular flexibility index (Phi) is 7.50. The first-order valence-electron chi connectivity index (χ1n) is 6.51. The van der Waals surface area contributed by atoms with E-state index >= 15 is 0 Å². The Morgan fingerprint density at radius 2 is 2.00 bits per heavy atom. The van der Waals surface area contributed by atoms with E-state index in [0.717, 1.165) is 0 Å². The van der Waals surface area contributed by atoms with Gasteiger partial charge in [-0.15, -0.1) is 0 Å². The Labute approximate surface area is 128 Å². The number of hydrogen-bond acceptors (Lipinski definition) is 4. The zero-order chi connectivity index (χ0) is 15.0. The van der Waals surface area contributed by atoms with Crippen molar-refractivity contribution in [3.05, 3.63) is 22.7 Å². The molecule has 0 heterocycles. The molecule has 0 unspecified atom stereocenters. The summed E-state index contributed by atoms with van der Waals surface area (Å²) in [5.74, 6) is 0.355. The third kappa shape index (κ3) is 5.40. The third-order valence-electron chi connectivity index (χ3n) is 2.46. The quantitative estimate of drug-likeness (QED) is 0.683. The summed E-state index contributed by atoms with van der Waals surface area (Å²) in [6.45, 7) is 5.63. The summed E-state index contributed by atoms with van der Waals surface area (Å²) in [4.78, 5) is 0.144. The fraction of sp³-hybridized carbons (Fsp3) is 0.538. The predicted molar refractivity (Wildman–Crippen MR) is 81.6 cm³/mol. The molecule has 0 saturated carbocycles. The largest absolute Gasteiger partial charge is 0.492 e. The molecule has 0 spiro atoms. The molecule has 1 rings (SSSR count). The Bertz CT molecular complexity index is 519. The van der Waals surface area contributed by atoms with Crippen molar-refractivity contribution in [2.45, 2.75) is 25.2 Å². The van der Waals surface area contributed by atoms with Crippen LogP contribution in [0.4, 0.5) is 0 Å². The molecule has 0 aliphatic rings. The minimum atomic E-state index is -3.58. The monoisotopic (exact) mass is 365 g/mol. The van der Waals surface area contributed by atoms with Crippen LogP contribution in [0.5, 0.6) is 5.75 Å². The summed E-state index contributed by atoms with van der Waals surface area (Å²) in [5, 5.41) is 0. The normalized spacial score (nSPS) is 11.6. The van der Waals surface area contributed by atoms with Crippen molar-refractivity contribution in [2.75, 3.05) is 26.4 Å². The second-order valence-corrected chi connectivity index (χ2v) is 6.62. The summed E-state index contributed by atoms with van der Waals surface area (Å²) in [5.41, 5.74) is 0. The topological polar surface area (TPSA) is 64.6 Å². The van der Waals surface area contributed by atoms with Crippen LogP contribution in [0.15, 0.2) is 27.6 Å². The van der Waals surface area contributed by atoms with Gasteiger partial charge in [0.1, 0.15) is 10.6 Å². The molecule has 0 aromatic heterocycles. The van der Waals surface area contributed by atoms with Gasteiger partial charge in [-0.2, -0.15) is 0 Å². The number of rotatable bonds is 9. The molecule has 0 amide bonds. The molecule has 1 aromatic carbocycles. The number of hydrogen-bond donors (Lipinski definition) is 1. The number of nitrogens with one attached hydrogen (secondary N) is 1. The van der Waals surface area contributed by atoms with Crippen molar-refractivity contribution in [3.8, 4) is 5.75 Å². The lowest BCUT2D eigenvalue weighted by Crippen LogP contribution is -2.26. The van der Waals surface area contributed by atoms with Gasteiger partial charge in [-0.1, -0.05) is 15.9 Å². The zero-order valence-electron chi connectivity index (χ0n) is 11.7. The highest BCUT2D eigenvalue weighted by atomic mass is 79.9. The molecule has 7 heteroatoms. The molecular weight excluding hydrogens is 346 g/mol. The van der Waals surface area contributed by atoms with Gasteiger partial charge in [-0.3, -0.25) is 0 Å². The molecule has 0 fully saturated rings. The van der Waals surface area contributed by atoms with Crippen molar-refractivity contribution in [1.29, 1.82) is 0 Å². The number of benzene rings is 1. The Morgan fingerprint density at radius 1 is 1.25 bits per heavy atom. The van der Waals surface area contributed by atoms with Gasteiger partial charge in [0, 0.05) is 24.2 Å². The van der Waals surface area contributed by atoms with Crippen LogP contribution in [-0.4, -0.2) is 34.8 Å². The van der Waals surface area contributed by atoms with Crippen LogP contribution >= 0.6 is 15.9 Å². The molecule has 0 bridgehead atoms. The minimum absolute atomic E-state index is 0.144. The van der Waals surface area contributed by atoms with E-state index < -0.39 is 10.0 Å². The fourth-order valence-corrected chi connectivity index (χ4v) is 3.32. The van der Waals surface area contributed by atoms with E-state index in [0.29, 0.717) is 43.0 Å². The molecule has 0 atom stereocenters. The Hall–Kier alpha value is -0.630. The van der Waals surface area contributed by atoms with Crippen LogP contribution in [-0.2, 0) is 14.8 Å². The van der Waals surface area contributed by atoms with Crippen LogP contribution in [0.2, 0.25) is 0 Å². The lowest BCUT2D eigenvalue weighted by molar-refractivity contribution is 0.146. The molecule has 1 N–H and O–H groups in total. The summed E-state index contributed by atoms with van der Waals surface area (Å²) in [6, 6.07) is 4.93. The number of halogens is 1. The minimum Gasteiger partial charge on any atom is -0.492 e. The molecule has 0 radical (unpaired) electrons. The van der Waals surface area contributed by atoms with Crippen LogP contribution in [0.1, 0.15) is 20.3 Å². The van der Waals surface area contributed by atoms with Crippen molar-refractivity contribution in [1.82, 2.24) is 4.72 Å². The standard InChI is InChI=1S/C13H20BrNO4S/c1-3-18-9-5-8-15-20(16,17)13-10-11(14)6-7-12(13)19-4-2/h6-7,10,15H,3-5,8-9H2,1-2H3. The number of ether oxygens (including phenoxy) is 2. The predicted octanol–water partition coefficient (Wildman–Crippen LogP) is 2.55. The van der Waals surface area contributed by atoms with Crippen LogP contribution in [0.25, 0.3) is 0 Å². The van der Waals surface area contributed by atoms with Crippen molar-refractivity contribution in [3.63, 3.8) is 0 Å². The Balaban J connectivity index is 2.77. The molecule has 114 valence electrons. The molecule has 0 aliphatic carbocycles. The first-order chi connectivity index (χ1) is 9.51. The van der Waals surface area contributed by atoms with Crippen molar-refractivity contribution in [2.24, 2.45) is 0 Å². The summed E-state index contributed by atoms with van der Waals surface area (Å²) in [6.07, 6.45) is 0.630. The lowest BCUT2D eigenvalue weighted by atomic mass is 10.3. The molecule has 0 aliphatic heterocycles. The summed E-state index contributed by atoms with van der Waals surface area (Å²) in [7, 11) is -3.58. The molecule has 0 saturated heterocycles. The van der Waals surface area contributed by atoms with Gasteiger partial charge in [0.15, 0.2) is 0 Å². The van der Waals surface area contributed by atoms with Gasteiger partial charge < -0.3 is 9.47 Å². The van der Waals surface area contributed by atoms with E-state index in [1.165, 1.54) is 6.07 Å². The van der Waals surface area contributed by atoms with E-state index in [2.05, 4.69) is 20.7 Å². The zero-order valence-corrected chi connectivity index (χ0v) is 14.1. The highest BCUT2D eigenvalue weighted by Crippen LogP contribution is 2.27. The van der Waals surface area contributed by atoms with E-state index in [9.17, 15) is 8.42 Å². The first kappa shape index (κ1) is 17.4. The Morgan fingerprint density at radius 3 is 2.65 bits per heavy atom. The van der Waals surface area contributed by atoms with Gasteiger partial charge in [-0.25, -0.2) is 13.1 Å². The second kappa shape index (κ2) is 8.61. The molecule has 5 nitrogen and oxygen atoms in total. The van der Waals surface area contributed by atoms with Gasteiger partial charge in [0.05, 0.1) is 6.61 Å². The third-order valence-corrected chi connectivity index (χ3v) is 4.43. The summed E-state index contributed by atoms with van der Waals surface area (Å²) < 4.78 is 38.3. The highest BCUT2D eigenvalue weighted by molar-refractivity contribution is 9.10. The maximum atomic E-state index is 12.3. The fourth-order valence-electron chi connectivity index (χ4n) is 1.57. The molecular formula is C13H20BrNO4S. The number of sulfonamides is 1. The maximum Gasteiger partial charge on any atom is 0.244 e. The van der Waals surface area contributed by atoms with Crippen LogP contribution in [0, 0.1) is 0 Å². The van der Waals surface area contributed by atoms with Crippen molar-refractivity contribution < 1.29 is 17.9 Å². The summed E-state index contributed by atoms with van der Waals surface area (Å²) >= 11 is 3.27. The molecule has 20 heavy (non-hydrogen) atoms. The van der Waals surface area contributed by atoms with Gasteiger partial charge in [0.2, 0.25) is 10.0 Å². The average Bonchev–Trinajstić information content (AvgIpc) is 2.40.